The molecule has 0 spiro atoms. The number of nitrogens with two attached hydrogens (primary N) is 2. The Morgan fingerprint density at radius 3 is 2.25 bits per heavy atom. The molecule has 0 aromatic heterocycles. The highest BCUT2D eigenvalue weighted by atomic mass is 14.6. The summed E-state index contributed by atoms with van der Waals surface area (Å²) in [4.78, 5) is 0. The second kappa shape index (κ2) is 4.36. The van der Waals surface area contributed by atoms with E-state index < -0.39 is 0 Å². The number of anilines is 2. The molecule has 0 atom stereocenters. The van der Waals surface area contributed by atoms with E-state index in [-0.39, 0.29) is 0 Å². The van der Waals surface area contributed by atoms with Crippen LogP contribution in [0.4, 0.5) is 11.4 Å². The fraction of sp³-hybridized carbons (Fsp3) is 0.571. The molecule has 2 nitrogen and oxygen atoms in total. The molecule has 2 rings (SSSR count). The Hall–Kier alpha value is -1.18. The highest BCUT2D eigenvalue weighted by Crippen LogP contribution is 2.39. The minimum absolute atomic E-state index is 0.473. The standard InChI is InChI=1S/C14H22N2/c1-9(2)11-7-12(10-5-3-4-6-10)14(16)8-13(11)15/h7-10H,3-6,15-16H2,1-2H3. The van der Waals surface area contributed by atoms with Crippen molar-refractivity contribution in [2.24, 2.45) is 0 Å². The average molecular weight is 218 g/mol. The molecule has 16 heavy (non-hydrogen) atoms. The fourth-order valence-corrected chi connectivity index (χ4v) is 2.76. The van der Waals surface area contributed by atoms with Gasteiger partial charge in [0.25, 0.3) is 0 Å². The zero-order valence-electron chi connectivity index (χ0n) is 10.3. The molecule has 1 saturated carbocycles. The summed E-state index contributed by atoms with van der Waals surface area (Å²) in [5.41, 5.74) is 16.4. The van der Waals surface area contributed by atoms with E-state index in [4.69, 9.17) is 11.5 Å². The Morgan fingerprint density at radius 1 is 1.06 bits per heavy atom. The number of rotatable bonds is 2. The van der Waals surface area contributed by atoms with Crippen molar-refractivity contribution >= 4 is 11.4 Å². The van der Waals surface area contributed by atoms with Crippen LogP contribution in [0.1, 0.15) is 62.5 Å². The summed E-state index contributed by atoms with van der Waals surface area (Å²) in [6.45, 7) is 4.36. The zero-order chi connectivity index (χ0) is 11.7. The summed E-state index contributed by atoms with van der Waals surface area (Å²) < 4.78 is 0. The number of hydrogen-bond donors (Lipinski definition) is 2. The van der Waals surface area contributed by atoms with Crippen molar-refractivity contribution in [1.82, 2.24) is 0 Å². The monoisotopic (exact) mass is 218 g/mol. The number of hydrogen-bond acceptors (Lipinski definition) is 2. The van der Waals surface area contributed by atoms with Crippen LogP contribution in [0.15, 0.2) is 12.1 Å². The summed E-state index contributed by atoms with van der Waals surface area (Å²) in [5, 5.41) is 0. The van der Waals surface area contributed by atoms with Gasteiger partial charge >= 0.3 is 0 Å². The first kappa shape index (κ1) is 11.3. The second-order valence-corrected chi connectivity index (χ2v) is 5.25. The van der Waals surface area contributed by atoms with Gasteiger partial charge in [-0.3, -0.25) is 0 Å². The van der Waals surface area contributed by atoms with Crippen LogP contribution in [0.5, 0.6) is 0 Å². The van der Waals surface area contributed by atoms with Crippen molar-refractivity contribution in [1.29, 1.82) is 0 Å². The van der Waals surface area contributed by atoms with Crippen LogP contribution in [0, 0.1) is 0 Å². The molecule has 4 N–H and O–H groups in total. The van der Waals surface area contributed by atoms with Crippen molar-refractivity contribution in [3.63, 3.8) is 0 Å². The smallest absolute Gasteiger partial charge is 0.0370 e. The van der Waals surface area contributed by atoms with E-state index in [1.165, 1.54) is 36.8 Å². The maximum atomic E-state index is 6.09. The Morgan fingerprint density at radius 2 is 1.69 bits per heavy atom. The summed E-state index contributed by atoms with van der Waals surface area (Å²) >= 11 is 0. The average Bonchev–Trinajstić information content (AvgIpc) is 2.70. The van der Waals surface area contributed by atoms with Gasteiger partial charge in [-0.2, -0.15) is 0 Å². The lowest BCUT2D eigenvalue weighted by molar-refractivity contribution is 0.722. The predicted octanol–water partition coefficient (Wildman–Crippen LogP) is 3.63. The molecule has 1 aliphatic rings. The molecular weight excluding hydrogens is 196 g/mol. The van der Waals surface area contributed by atoms with Gasteiger partial charge in [0.1, 0.15) is 0 Å². The largest absolute Gasteiger partial charge is 0.398 e. The van der Waals surface area contributed by atoms with E-state index in [0.29, 0.717) is 11.8 Å². The highest BCUT2D eigenvalue weighted by molar-refractivity contribution is 5.63. The SMILES string of the molecule is CC(C)c1cc(C2CCCC2)c(N)cc1N. The van der Waals surface area contributed by atoms with Crippen LogP contribution < -0.4 is 11.5 Å². The van der Waals surface area contributed by atoms with Crippen LogP contribution in [0.2, 0.25) is 0 Å². The maximum absolute atomic E-state index is 6.09. The van der Waals surface area contributed by atoms with E-state index in [1.807, 2.05) is 6.07 Å². The van der Waals surface area contributed by atoms with Crippen LogP contribution >= 0.6 is 0 Å². The quantitative estimate of drug-likeness (QED) is 0.745. The van der Waals surface area contributed by atoms with Crippen LogP contribution in [0.25, 0.3) is 0 Å². The van der Waals surface area contributed by atoms with E-state index in [2.05, 4.69) is 19.9 Å². The van der Waals surface area contributed by atoms with Crippen molar-refractivity contribution in [2.45, 2.75) is 51.4 Å². The van der Waals surface area contributed by atoms with E-state index in [0.717, 1.165) is 11.4 Å². The summed E-state index contributed by atoms with van der Waals surface area (Å²) in [6, 6.07) is 4.19. The molecule has 88 valence electrons. The normalized spacial score (nSPS) is 17.2. The molecule has 0 bridgehead atoms. The lowest BCUT2D eigenvalue weighted by atomic mass is 9.90. The van der Waals surface area contributed by atoms with Gasteiger partial charge in [0.15, 0.2) is 0 Å². The third-order valence-corrected chi connectivity index (χ3v) is 3.71. The first-order chi connectivity index (χ1) is 7.59. The molecule has 0 radical (unpaired) electrons. The van der Waals surface area contributed by atoms with Crippen LogP contribution in [-0.4, -0.2) is 0 Å². The summed E-state index contributed by atoms with van der Waals surface area (Å²) in [6.07, 6.45) is 5.24. The minimum atomic E-state index is 0.473. The van der Waals surface area contributed by atoms with Gasteiger partial charge in [-0.05, 0) is 41.9 Å². The van der Waals surface area contributed by atoms with Gasteiger partial charge in [-0.1, -0.05) is 32.8 Å². The Labute approximate surface area is 98.0 Å². The molecule has 2 heteroatoms. The van der Waals surface area contributed by atoms with Gasteiger partial charge in [0.2, 0.25) is 0 Å². The van der Waals surface area contributed by atoms with Crippen molar-refractivity contribution in [2.75, 3.05) is 11.5 Å². The first-order valence-corrected chi connectivity index (χ1v) is 6.28. The molecule has 1 fully saturated rings. The first-order valence-electron chi connectivity index (χ1n) is 6.28. The van der Waals surface area contributed by atoms with Crippen molar-refractivity contribution < 1.29 is 0 Å². The number of benzene rings is 1. The second-order valence-electron chi connectivity index (χ2n) is 5.25. The Bertz CT molecular complexity index is 377. The number of nitrogen functional groups attached to an aromatic ring is 2. The lowest BCUT2D eigenvalue weighted by Crippen LogP contribution is -2.05. The van der Waals surface area contributed by atoms with Gasteiger partial charge in [-0.15, -0.1) is 0 Å². The highest BCUT2D eigenvalue weighted by Gasteiger charge is 2.20. The molecule has 1 aliphatic carbocycles. The molecule has 1 aromatic carbocycles. The van der Waals surface area contributed by atoms with Crippen LogP contribution in [-0.2, 0) is 0 Å². The molecule has 0 saturated heterocycles. The minimum Gasteiger partial charge on any atom is -0.398 e. The molecule has 1 aromatic rings. The van der Waals surface area contributed by atoms with Gasteiger partial charge in [-0.25, -0.2) is 0 Å². The lowest BCUT2D eigenvalue weighted by Gasteiger charge is -2.18. The Balaban J connectivity index is 2.40. The summed E-state index contributed by atoms with van der Waals surface area (Å²) in [7, 11) is 0. The topological polar surface area (TPSA) is 52.0 Å². The molecule has 0 unspecified atom stereocenters. The molecule has 0 aliphatic heterocycles. The summed E-state index contributed by atoms with van der Waals surface area (Å²) in [5.74, 6) is 1.14. The third kappa shape index (κ3) is 2.01. The van der Waals surface area contributed by atoms with Crippen molar-refractivity contribution in [3.05, 3.63) is 23.3 Å². The van der Waals surface area contributed by atoms with Gasteiger partial charge < -0.3 is 11.5 Å². The van der Waals surface area contributed by atoms with E-state index in [9.17, 15) is 0 Å². The van der Waals surface area contributed by atoms with Crippen LogP contribution in [0.3, 0.4) is 0 Å². The van der Waals surface area contributed by atoms with E-state index in [1.54, 1.807) is 0 Å². The molecular formula is C14H22N2. The Kier molecular flexibility index (Phi) is 3.08. The predicted molar refractivity (Wildman–Crippen MR) is 70.6 cm³/mol. The van der Waals surface area contributed by atoms with Crippen molar-refractivity contribution in [3.8, 4) is 0 Å². The molecule has 0 heterocycles. The zero-order valence-corrected chi connectivity index (χ0v) is 10.3. The third-order valence-electron chi connectivity index (χ3n) is 3.71. The van der Waals surface area contributed by atoms with E-state index >= 15 is 0 Å². The maximum Gasteiger partial charge on any atom is 0.0370 e. The fourth-order valence-electron chi connectivity index (χ4n) is 2.76. The van der Waals surface area contributed by atoms with Gasteiger partial charge in [0.05, 0.1) is 0 Å². The molecule has 0 amide bonds. The van der Waals surface area contributed by atoms with Gasteiger partial charge in [0, 0.05) is 11.4 Å².